The van der Waals surface area contributed by atoms with Crippen LogP contribution in [0.2, 0.25) is 0 Å². The molecule has 0 atom stereocenters. The summed E-state index contributed by atoms with van der Waals surface area (Å²) in [4.78, 5) is 25.8. The number of aromatic nitrogens is 6. The molecule has 5 aromatic rings. The lowest BCUT2D eigenvalue weighted by Gasteiger charge is -2.17. The van der Waals surface area contributed by atoms with Crippen molar-refractivity contribution in [2.45, 2.75) is 12.4 Å². The lowest BCUT2D eigenvalue weighted by atomic mass is 10.0. The smallest absolute Gasteiger partial charge is 0.417 e. The summed E-state index contributed by atoms with van der Waals surface area (Å²) < 4.78 is 102. The van der Waals surface area contributed by atoms with Crippen LogP contribution < -0.4 is 18.9 Å². The maximum absolute atomic E-state index is 13.6. The van der Waals surface area contributed by atoms with Crippen molar-refractivity contribution >= 4 is 44.1 Å². The van der Waals surface area contributed by atoms with Crippen molar-refractivity contribution in [2.24, 2.45) is 0 Å². The molecule has 0 aliphatic heterocycles. The van der Waals surface area contributed by atoms with Crippen LogP contribution in [0.3, 0.4) is 0 Å². The molecule has 0 aliphatic rings. The van der Waals surface area contributed by atoms with Gasteiger partial charge >= 0.3 is 12.4 Å². The molecule has 0 radical (unpaired) electrons. The van der Waals surface area contributed by atoms with Crippen LogP contribution >= 0.6 is 0 Å². The van der Waals surface area contributed by atoms with Crippen molar-refractivity contribution in [1.29, 1.82) is 0 Å². The molecular weight excluding hydrogens is 526 g/mol. The second kappa shape index (κ2) is 8.53. The van der Waals surface area contributed by atoms with Gasteiger partial charge < -0.3 is 18.9 Å². The van der Waals surface area contributed by atoms with E-state index in [2.05, 4.69) is 29.9 Å². The van der Waals surface area contributed by atoms with Gasteiger partial charge in [0.25, 0.3) is 23.5 Å². The van der Waals surface area contributed by atoms with E-state index in [4.69, 9.17) is 18.9 Å². The first kappa shape index (κ1) is 25.2. The zero-order chi connectivity index (χ0) is 27.6. The van der Waals surface area contributed by atoms with Gasteiger partial charge in [0.15, 0.2) is 0 Å². The molecule has 3 aromatic heterocycles. The number of hydrogen-bond donors (Lipinski definition) is 0. The number of fused-ring (bicyclic) bond motifs is 7. The lowest BCUT2D eigenvalue weighted by molar-refractivity contribution is -0.161. The van der Waals surface area contributed by atoms with E-state index in [1.54, 1.807) is 0 Å². The second-order valence-electron chi connectivity index (χ2n) is 7.68. The number of hydrogen-bond acceptors (Lipinski definition) is 10. The summed E-state index contributed by atoms with van der Waals surface area (Å²) >= 11 is 0. The fraction of sp³-hybridized carbons (Fsp3) is 0.273. The normalized spacial score (nSPS) is 12.5. The number of alkyl halides is 6. The predicted octanol–water partition coefficient (Wildman–Crippen LogP) is 4.74. The number of benzene rings is 2. The van der Waals surface area contributed by atoms with E-state index in [0.717, 1.165) is 0 Å². The van der Waals surface area contributed by atoms with E-state index in [1.165, 1.54) is 28.4 Å². The fourth-order valence-corrected chi connectivity index (χ4v) is 3.90. The quantitative estimate of drug-likeness (QED) is 0.180. The number of nitrogens with zero attached hydrogens (tertiary/aromatic N) is 6. The Balaban J connectivity index is 2.03. The summed E-state index contributed by atoms with van der Waals surface area (Å²) in [7, 11) is 5.18. The molecule has 0 saturated carbocycles. The van der Waals surface area contributed by atoms with Gasteiger partial charge in [0, 0.05) is 0 Å². The molecule has 0 saturated heterocycles. The lowest BCUT2D eigenvalue weighted by Crippen LogP contribution is -2.16. The van der Waals surface area contributed by atoms with Crippen molar-refractivity contribution in [2.75, 3.05) is 28.4 Å². The Morgan fingerprint density at radius 1 is 0.447 bits per heavy atom. The summed E-state index contributed by atoms with van der Waals surface area (Å²) in [5.41, 5.74) is -4.99. The van der Waals surface area contributed by atoms with Gasteiger partial charge in [0.05, 0.1) is 50.6 Å². The molecule has 0 fully saturated rings. The van der Waals surface area contributed by atoms with E-state index in [1.807, 2.05) is 0 Å². The molecule has 16 heteroatoms. The molecule has 0 amide bonds. The average molecular weight is 540 g/mol. The Bertz CT molecular complexity index is 1630. The first-order chi connectivity index (χ1) is 17.9. The van der Waals surface area contributed by atoms with Crippen LogP contribution in [0.5, 0.6) is 23.5 Å². The summed E-state index contributed by atoms with van der Waals surface area (Å²) in [5.74, 6) is -0.306. The molecule has 3 heterocycles. The Hall–Kier alpha value is -4.50. The number of halogens is 6. The third-order valence-electron chi connectivity index (χ3n) is 5.53. The summed E-state index contributed by atoms with van der Waals surface area (Å²) in [6.45, 7) is 0. The van der Waals surface area contributed by atoms with Crippen LogP contribution in [0.4, 0.5) is 26.3 Å². The molecule has 38 heavy (non-hydrogen) atoms. The summed E-state index contributed by atoms with van der Waals surface area (Å²) in [6, 6.07) is 0.574. The highest BCUT2D eigenvalue weighted by atomic mass is 19.4. The van der Waals surface area contributed by atoms with Gasteiger partial charge in [-0.15, -0.1) is 0 Å². The third kappa shape index (κ3) is 3.83. The Morgan fingerprint density at radius 2 is 0.684 bits per heavy atom. The Labute approximate surface area is 207 Å². The molecular formula is C22H14F6N6O4. The molecule has 5 rings (SSSR count). The molecule has 0 spiro atoms. The van der Waals surface area contributed by atoms with Gasteiger partial charge in [-0.1, -0.05) is 0 Å². The van der Waals surface area contributed by atoms with Crippen molar-refractivity contribution < 1.29 is 45.3 Å². The van der Waals surface area contributed by atoms with Crippen molar-refractivity contribution in [3.05, 3.63) is 23.3 Å². The molecule has 0 unspecified atom stereocenters. The highest BCUT2D eigenvalue weighted by Gasteiger charge is 2.43. The Kier molecular flexibility index (Phi) is 5.65. The standard InChI is InChI=1S/C22H14F6N6O4/c1-35-17-19(37-3)33-15-13(31-17)11-12(14-16(15)34-20(38-4)18(32-14)36-2)30-10-6-8(22(26,27)28)7(21(23,24)25)5-9(10)29-11/h5-6H,1-4H3. The number of methoxy groups -OCH3 is 4. The van der Waals surface area contributed by atoms with Crippen LogP contribution in [-0.2, 0) is 12.4 Å². The van der Waals surface area contributed by atoms with Crippen LogP contribution in [0.1, 0.15) is 11.1 Å². The zero-order valence-corrected chi connectivity index (χ0v) is 19.7. The predicted molar refractivity (Wildman–Crippen MR) is 119 cm³/mol. The van der Waals surface area contributed by atoms with Crippen LogP contribution in [0.25, 0.3) is 44.1 Å². The van der Waals surface area contributed by atoms with Crippen LogP contribution in [0.15, 0.2) is 12.1 Å². The molecule has 0 bridgehead atoms. The van der Waals surface area contributed by atoms with E-state index in [-0.39, 0.29) is 68.8 Å². The second-order valence-corrected chi connectivity index (χ2v) is 7.68. The number of rotatable bonds is 4. The molecule has 0 N–H and O–H groups in total. The van der Waals surface area contributed by atoms with Crippen molar-refractivity contribution in [1.82, 2.24) is 29.9 Å². The topological polar surface area (TPSA) is 114 Å². The fourth-order valence-electron chi connectivity index (χ4n) is 3.90. The maximum Gasteiger partial charge on any atom is 0.417 e. The van der Waals surface area contributed by atoms with E-state index in [0.29, 0.717) is 0 Å². The first-order valence-corrected chi connectivity index (χ1v) is 10.4. The summed E-state index contributed by atoms with van der Waals surface area (Å²) in [5, 5.41) is 0. The van der Waals surface area contributed by atoms with Crippen LogP contribution in [0, 0.1) is 0 Å². The minimum absolute atomic E-state index is 0.0328. The van der Waals surface area contributed by atoms with Gasteiger partial charge in [-0.25, -0.2) is 29.9 Å². The van der Waals surface area contributed by atoms with Gasteiger partial charge in [-0.3, -0.25) is 0 Å². The minimum atomic E-state index is -5.31. The van der Waals surface area contributed by atoms with Crippen molar-refractivity contribution in [3.8, 4) is 23.5 Å². The van der Waals surface area contributed by atoms with Gasteiger partial charge in [-0.05, 0) is 12.1 Å². The largest absolute Gasteiger partial charge is 0.477 e. The average Bonchev–Trinajstić information content (AvgIpc) is 2.88. The highest BCUT2D eigenvalue weighted by Crippen LogP contribution is 2.43. The number of ether oxygens (including phenoxy) is 4. The van der Waals surface area contributed by atoms with E-state index >= 15 is 0 Å². The molecule has 0 aliphatic carbocycles. The highest BCUT2D eigenvalue weighted by molar-refractivity contribution is 6.19. The molecule has 2 aromatic carbocycles. The van der Waals surface area contributed by atoms with Gasteiger partial charge in [0.1, 0.15) is 33.1 Å². The molecule has 10 nitrogen and oxygen atoms in total. The van der Waals surface area contributed by atoms with E-state index in [9.17, 15) is 26.3 Å². The monoisotopic (exact) mass is 540 g/mol. The van der Waals surface area contributed by atoms with Gasteiger partial charge in [-0.2, -0.15) is 26.3 Å². The Morgan fingerprint density at radius 3 is 0.895 bits per heavy atom. The minimum Gasteiger partial charge on any atom is -0.477 e. The third-order valence-corrected chi connectivity index (χ3v) is 5.53. The SMILES string of the molecule is COc1nc2c3nc(OC)c(OC)nc3c3nc4cc(C(F)(F)F)c(C(F)(F)F)cc4nc3c2nc1OC. The van der Waals surface area contributed by atoms with Crippen molar-refractivity contribution in [3.63, 3.8) is 0 Å². The van der Waals surface area contributed by atoms with Crippen LogP contribution in [-0.4, -0.2) is 58.3 Å². The summed E-state index contributed by atoms with van der Waals surface area (Å²) in [6.07, 6.45) is -10.6. The van der Waals surface area contributed by atoms with Gasteiger partial charge in [0.2, 0.25) is 0 Å². The molecule has 198 valence electrons. The zero-order valence-electron chi connectivity index (χ0n) is 19.7. The maximum atomic E-state index is 13.6. The van der Waals surface area contributed by atoms with E-state index < -0.39 is 34.5 Å². The first-order valence-electron chi connectivity index (χ1n) is 10.4.